The molecule has 0 aromatic heterocycles. The molecule has 0 saturated carbocycles. The van der Waals surface area contributed by atoms with Crippen LogP contribution in [0, 0.1) is 0 Å². The lowest BCUT2D eigenvalue weighted by Gasteiger charge is -2.33. The van der Waals surface area contributed by atoms with Gasteiger partial charge in [-0.1, -0.05) is 6.42 Å². The fourth-order valence-corrected chi connectivity index (χ4v) is 2.45. The molecule has 2 saturated heterocycles. The second-order valence-corrected chi connectivity index (χ2v) is 4.03. The molecular formula is C10H19NO. The molecule has 2 atom stereocenters. The van der Waals surface area contributed by atoms with Gasteiger partial charge >= 0.3 is 0 Å². The molecule has 0 bridgehead atoms. The van der Waals surface area contributed by atoms with Crippen molar-refractivity contribution >= 4 is 0 Å². The minimum Gasteiger partial charge on any atom is -0.377 e. The summed E-state index contributed by atoms with van der Waals surface area (Å²) in [5.41, 5.74) is 0. The van der Waals surface area contributed by atoms with Crippen LogP contribution in [0.15, 0.2) is 0 Å². The molecular weight excluding hydrogens is 150 g/mol. The third-order valence-electron chi connectivity index (χ3n) is 3.20. The van der Waals surface area contributed by atoms with Crippen molar-refractivity contribution in [1.29, 1.82) is 0 Å². The van der Waals surface area contributed by atoms with E-state index in [4.69, 9.17) is 4.74 Å². The number of piperidine rings is 1. The van der Waals surface area contributed by atoms with E-state index in [0.717, 1.165) is 12.6 Å². The second kappa shape index (κ2) is 3.75. The number of hydrogen-bond donors (Lipinski definition) is 0. The summed E-state index contributed by atoms with van der Waals surface area (Å²) < 4.78 is 5.58. The van der Waals surface area contributed by atoms with E-state index in [9.17, 15) is 0 Å². The first-order valence-electron chi connectivity index (χ1n) is 5.23. The van der Waals surface area contributed by atoms with Gasteiger partial charge in [-0.2, -0.15) is 0 Å². The zero-order chi connectivity index (χ0) is 8.39. The second-order valence-electron chi connectivity index (χ2n) is 4.03. The Balaban J connectivity index is 1.89. The van der Waals surface area contributed by atoms with E-state index in [1.54, 1.807) is 0 Å². The predicted octanol–water partition coefficient (Wildman–Crippen LogP) is 1.65. The fourth-order valence-electron chi connectivity index (χ4n) is 2.45. The number of nitrogens with zero attached hydrogens (tertiary/aromatic N) is 1. The molecule has 0 spiro atoms. The van der Waals surface area contributed by atoms with Gasteiger partial charge in [0.2, 0.25) is 0 Å². The van der Waals surface area contributed by atoms with Gasteiger partial charge in [-0.15, -0.1) is 0 Å². The summed E-state index contributed by atoms with van der Waals surface area (Å²) in [7, 11) is 0. The van der Waals surface area contributed by atoms with Crippen molar-refractivity contribution in [3.63, 3.8) is 0 Å². The Hall–Kier alpha value is -0.0800. The number of ether oxygens (including phenoxy) is 1. The van der Waals surface area contributed by atoms with E-state index in [0.29, 0.717) is 6.10 Å². The summed E-state index contributed by atoms with van der Waals surface area (Å²) in [5, 5.41) is 0. The third-order valence-corrected chi connectivity index (χ3v) is 3.20. The zero-order valence-electron chi connectivity index (χ0n) is 7.96. The van der Waals surface area contributed by atoms with Crippen molar-refractivity contribution in [3.8, 4) is 0 Å². The third kappa shape index (κ3) is 1.64. The summed E-state index contributed by atoms with van der Waals surface area (Å²) in [6.45, 7) is 5.80. The number of rotatable bonds is 1. The van der Waals surface area contributed by atoms with E-state index in [2.05, 4.69) is 11.8 Å². The van der Waals surface area contributed by atoms with Gasteiger partial charge < -0.3 is 4.74 Å². The summed E-state index contributed by atoms with van der Waals surface area (Å²) >= 11 is 0. The maximum absolute atomic E-state index is 5.58. The maximum atomic E-state index is 5.58. The van der Waals surface area contributed by atoms with Crippen LogP contribution in [0.1, 0.15) is 32.6 Å². The molecule has 70 valence electrons. The molecule has 0 aliphatic carbocycles. The number of hydrogen-bond acceptors (Lipinski definition) is 2. The van der Waals surface area contributed by atoms with Crippen molar-refractivity contribution in [2.75, 3.05) is 19.7 Å². The topological polar surface area (TPSA) is 12.5 Å². The van der Waals surface area contributed by atoms with Crippen LogP contribution in [0.3, 0.4) is 0 Å². The van der Waals surface area contributed by atoms with Crippen LogP contribution in [0.4, 0.5) is 0 Å². The van der Waals surface area contributed by atoms with Gasteiger partial charge in [-0.05, 0) is 39.3 Å². The Labute approximate surface area is 74.9 Å². The first-order chi connectivity index (χ1) is 5.88. The first kappa shape index (κ1) is 8.52. The molecule has 2 nitrogen and oxygen atoms in total. The summed E-state index contributed by atoms with van der Waals surface area (Å²) in [5.74, 6) is 0. The average molecular weight is 169 g/mol. The minimum absolute atomic E-state index is 0.475. The van der Waals surface area contributed by atoms with Crippen LogP contribution < -0.4 is 0 Å². The quantitative estimate of drug-likeness (QED) is 0.592. The van der Waals surface area contributed by atoms with Crippen LogP contribution in [-0.4, -0.2) is 36.7 Å². The predicted molar refractivity (Wildman–Crippen MR) is 49.2 cm³/mol. The molecule has 0 aromatic rings. The van der Waals surface area contributed by atoms with Crippen molar-refractivity contribution in [3.05, 3.63) is 0 Å². The summed E-state index contributed by atoms with van der Waals surface area (Å²) in [6, 6.07) is 0.727. The molecule has 12 heavy (non-hydrogen) atoms. The molecule has 0 N–H and O–H groups in total. The molecule has 2 heteroatoms. The Morgan fingerprint density at radius 3 is 2.50 bits per heavy atom. The van der Waals surface area contributed by atoms with Gasteiger partial charge in [0.15, 0.2) is 0 Å². The highest BCUT2D eigenvalue weighted by Gasteiger charge is 2.30. The van der Waals surface area contributed by atoms with Crippen LogP contribution in [0.5, 0.6) is 0 Å². The maximum Gasteiger partial charge on any atom is 0.0703 e. The molecule has 2 aliphatic rings. The van der Waals surface area contributed by atoms with Gasteiger partial charge in [0.05, 0.1) is 6.10 Å². The minimum atomic E-state index is 0.475. The van der Waals surface area contributed by atoms with E-state index in [1.165, 1.54) is 38.8 Å². The van der Waals surface area contributed by atoms with Crippen LogP contribution in [0.25, 0.3) is 0 Å². The standard InChI is InChI=1S/C10H19NO/c1-9-10(5-8-12-9)11-6-3-2-4-7-11/h9-10H,2-8H2,1H3. The van der Waals surface area contributed by atoms with Crippen LogP contribution >= 0.6 is 0 Å². The van der Waals surface area contributed by atoms with E-state index >= 15 is 0 Å². The van der Waals surface area contributed by atoms with Crippen molar-refractivity contribution in [2.45, 2.75) is 44.8 Å². The normalized spacial score (nSPS) is 38.8. The van der Waals surface area contributed by atoms with Gasteiger partial charge in [0.1, 0.15) is 0 Å². The first-order valence-corrected chi connectivity index (χ1v) is 5.23. The zero-order valence-corrected chi connectivity index (χ0v) is 7.96. The Morgan fingerprint density at radius 1 is 1.17 bits per heavy atom. The van der Waals surface area contributed by atoms with Gasteiger partial charge in [0.25, 0.3) is 0 Å². The lowest BCUT2D eigenvalue weighted by molar-refractivity contribution is 0.0657. The van der Waals surface area contributed by atoms with Crippen LogP contribution in [-0.2, 0) is 4.74 Å². The fraction of sp³-hybridized carbons (Fsp3) is 1.00. The highest BCUT2D eigenvalue weighted by Crippen LogP contribution is 2.22. The van der Waals surface area contributed by atoms with Crippen molar-refractivity contribution in [2.24, 2.45) is 0 Å². The lowest BCUT2D eigenvalue weighted by atomic mass is 10.0. The van der Waals surface area contributed by atoms with Crippen molar-refractivity contribution in [1.82, 2.24) is 4.90 Å². The summed E-state index contributed by atoms with van der Waals surface area (Å²) in [4.78, 5) is 2.63. The molecule has 0 amide bonds. The van der Waals surface area contributed by atoms with Gasteiger partial charge in [-0.25, -0.2) is 0 Å². The van der Waals surface area contributed by atoms with Crippen molar-refractivity contribution < 1.29 is 4.74 Å². The molecule has 2 rings (SSSR count). The molecule has 2 aliphatic heterocycles. The Bertz CT molecular complexity index is 143. The van der Waals surface area contributed by atoms with E-state index < -0.39 is 0 Å². The van der Waals surface area contributed by atoms with E-state index in [1.807, 2.05) is 0 Å². The van der Waals surface area contributed by atoms with Crippen LogP contribution in [0.2, 0.25) is 0 Å². The molecule has 0 aromatic carbocycles. The Morgan fingerprint density at radius 2 is 1.92 bits per heavy atom. The van der Waals surface area contributed by atoms with Gasteiger partial charge in [0, 0.05) is 12.6 Å². The highest BCUT2D eigenvalue weighted by molar-refractivity contribution is 4.83. The molecule has 0 radical (unpaired) electrons. The monoisotopic (exact) mass is 169 g/mol. The summed E-state index contributed by atoms with van der Waals surface area (Å²) in [6.07, 6.45) is 5.94. The molecule has 2 heterocycles. The molecule has 2 unspecified atom stereocenters. The lowest BCUT2D eigenvalue weighted by Crippen LogP contribution is -2.42. The average Bonchev–Trinajstić information content (AvgIpc) is 2.53. The Kier molecular flexibility index (Phi) is 2.66. The number of likely N-dealkylation sites (tertiary alicyclic amines) is 1. The molecule has 2 fully saturated rings. The van der Waals surface area contributed by atoms with Gasteiger partial charge in [-0.3, -0.25) is 4.90 Å². The smallest absolute Gasteiger partial charge is 0.0703 e. The highest BCUT2D eigenvalue weighted by atomic mass is 16.5. The SMILES string of the molecule is CC1OCCC1N1CCCCC1. The van der Waals surface area contributed by atoms with E-state index in [-0.39, 0.29) is 0 Å². The largest absolute Gasteiger partial charge is 0.377 e.